The summed E-state index contributed by atoms with van der Waals surface area (Å²) in [4.78, 5) is 27.9. The molecule has 1 aliphatic carbocycles. The number of carbonyl (C=O) groups is 1. The van der Waals surface area contributed by atoms with E-state index in [9.17, 15) is 4.79 Å². The molecule has 0 saturated heterocycles. The first-order valence-corrected chi connectivity index (χ1v) is 10.6. The molecule has 4 rings (SSSR count). The van der Waals surface area contributed by atoms with E-state index in [0.717, 1.165) is 30.4 Å². The second kappa shape index (κ2) is 9.40. The van der Waals surface area contributed by atoms with Crippen LogP contribution in [0, 0.1) is 13.1 Å². The summed E-state index contributed by atoms with van der Waals surface area (Å²) in [7, 11) is 0. The number of benzene rings is 1. The van der Waals surface area contributed by atoms with Crippen LogP contribution in [-0.2, 0) is 11.2 Å². The van der Waals surface area contributed by atoms with E-state index in [1.54, 1.807) is 6.08 Å². The maximum atomic E-state index is 12.9. The first-order chi connectivity index (χ1) is 15.2. The second-order valence-corrected chi connectivity index (χ2v) is 7.92. The van der Waals surface area contributed by atoms with Gasteiger partial charge in [0, 0.05) is 25.3 Å². The van der Waals surface area contributed by atoms with Crippen LogP contribution in [0.4, 0.5) is 0 Å². The zero-order valence-electron chi connectivity index (χ0n) is 17.3. The Morgan fingerprint density at radius 1 is 1.26 bits per heavy atom. The predicted molar refractivity (Wildman–Crippen MR) is 121 cm³/mol. The molecule has 1 aromatic rings. The maximum absolute atomic E-state index is 12.9. The summed E-state index contributed by atoms with van der Waals surface area (Å²) in [6.45, 7) is 15.3. The molecular weight excluding hydrogens is 388 g/mol. The highest BCUT2D eigenvalue weighted by Gasteiger charge is 2.24. The van der Waals surface area contributed by atoms with Crippen molar-refractivity contribution in [2.75, 3.05) is 13.1 Å². The van der Waals surface area contributed by atoms with Gasteiger partial charge in [0.25, 0.3) is 11.8 Å². The van der Waals surface area contributed by atoms with Crippen LogP contribution in [0.3, 0.4) is 0 Å². The Labute approximate surface area is 182 Å². The van der Waals surface area contributed by atoms with Crippen LogP contribution >= 0.6 is 0 Å². The highest BCUT2D eigenvalue weighted by Crippen LogP contribution is 2.32. The van der Waals surface area contributed by atoms with Crippen molar-refractivity contribution in [1.29, 1.82) is 0 Å². The average Bonchev–Trinajstić information content (AvgIpc) is 3.30. The highest BCUT2D eigenvalue weighted by atomic mass is 16.1. The van der Waals surface area contributed by atoms with Crippen molar-refractivity contribution in [3.05, 3.63) is 75.8 Å². The van der Waals surface area contributed by atoms with E-state index in [0.29, 0.717) is 43.4 Å². The number of rotatable bonds is 5. The zero-order chi connectivity index (χ0) is 21.6. The van der Waals surface area contributed by atoms with Crippen LogP contribution in [0.15, 0.2) is 46.2 Å². The Kier molecular flexibility index (Phi) is 6.24. The lowest BCUT2D eigenvalue weighted by Gasteiger charge is -2.23. The smallest absolute Gasteiger partial charge is 0.266 e. The molecule has 156 valence electrons. The van der Waals surface area contributed by atoms with E-state index in [2.05, 4.69) is 54.8 Å². The maximum Gasteiger partial charge on any atom is 0.266 e. The zero-order valence-corrected chi connectivity index (χ0v) is 17.3. The quantitative estimate of drug-likeness (QED) is 0.570. The first kappa shape index (κ1) is 20.6. The molecule has 1 unspecified atom stereocenters. The van der Waals surface area contributed by atoms with Crippen molar-refractivity contribution in [1.82, 2.24) is 10.7 Å². The van der Waals surface area contributed by atoms with Gasteiger partial charge in [-0.25, -0.2) is 4.99 Å². The topological polar surface area (TPSA) is 74.6 Å². The average molecular weight is 412 g/mol. The van der Waals surface area contributed by atoms with Gasteiger partial charge in [-0.2, -0.15) is 11.5 Å². The number of carbonyl (C=O) groups excluding carboxylic acids is 1. The fourth-order valence-electron chi connectivity index (χ4n) is 4.22. The number of aliphatic imine (C=N–C) groups is 2. The van der Waals surface area contributed by atoms with E-state index >= 15 is 0 Å². The van der Waals surface area contributed by atoms with E-state index in [4.69, 9.17) is 13.1 Å². The summed E-state index contributed by atoms with van der Waals surface area (Å²) in [6.07, 6.45) is 9.21. The highest BCUT2D eigenvalue weighted by molar-refractivity contribution is 6.41. The summed E-state index contributed by atoms with van der Waals surface area (Å²) in [5, 5.41) is 3.17. The molecule has 2 N–H and O–H groups in total. The normalized spacial score (nSPS) is 20.3. The Bertz CT molecular complexity index is 1100. The third-order valence-electron chi connectivity index (χ3n) is 5.90. The molecule has 2 heterocycles. The van der Waals surface area contributed by atoms with Gasteiger partial charge in [-0.05, 0) is 47.9 Å². The fourth-order valence-corrected chi connectivity index (χ4v) is 4.22. The van der Waals surface area contributed by atoms with Gasteiger partial charge < -0.3 is 10.2 Å². The van der Waals surface area contributed by atoms with Crippen molar-refractivity contribution in [2.45, 2.75) is 44.4 Å². The standard InChI is InChI=1S/C24H24N6O/c1-25-23-11-10-21(29-23)22(31)13-18-9-8-17(12-20(18)16-6-4-3-5-7-16)19-14-27-24(28-15-19)30-26-2/h6,8-9,11-12,19H,3-5,7,10,13-15H2,(H2,27,28,30). The Balaban J connectivity index is 1.59. The molecule has 0 fully saturated rings. The molecule has 31 heavy (non-hydrogen) atoms. The molecule has 1 atom stereocenters. The number of ketones is 1. The van der Waals surface area contributed by atoms with Gasteiger partial charge in [-0.15, -0.1) is 4.99 Å². The van der Waals surface area contributed by atoms with Crippen LogP contribution in [0.25, 0.3) is 15.4 Å². The number of nitrogens with zero attached hydrogens (tertiary/aromatic N) is 4. The second-order valence-electron chi connectivity index (χ2n) is 7.92. The van der Waals surface area contributed by atoms with E-state index in [1.807, 2.05) is 0 Å². The van der Waals surface area contributed by atoms with E-state index in [-0.39, 0.29) is 11.7 Å². The summed E-state index contributed by atoms with van der Waals surface area (Å²) >= 11 is 0. The molecule has 0 saturated carbocycles. The summed E-state index contributed by atoms with van der Waals surface area (Å²) < 4.78 is 0. The third kappa shape index (κ3) is 4.73. The largest absolute Gasteiger partial charge is 0.361 e. The molecule has 0 bridgehead atoms. The van der Waals surface area contributed by atoms with Crippen molar-refractivity contribution in [3.63, 3.8) is 0 Å². The number of nitrogens with one attached hydrogen (secondary N) is 2. The Morgan fingerprint density at radius 2 is 2.16 bits per heavy atom. The summed E-state index contributed by atoms with van der Waals surface area (Å²) in [6, 6.07) is 6.37. The lowest BCUT2D eigenvalue weighted by atomic mass is 9.85. The van der Waals surface area contributed by atoms with E-state index < -0.39 is 0 Å². The molecule has 0 spiro atoms. The molecular formula is C24H24N6O. The molecule has 2 aliphatic heterocycles. The van der Waals surface area contributed by atoms with Gasteiger partial charge in [0.1, 0.15) is 0 Å². The Hall–Kier alpha value is -3.71. The van der Waals surface area contributed by atoms with Crippen LogP contribution in [-0.4, -0.2) is 30.5 Å². The molecule has 1 aromatic carbocycles. The van der Waals surface area contributed by atoms with E-state index in [1.165, 1.54) is 17.6 Å². The van der Waals surface area contributed by atoms with Crippen molar-refractivity contribution >= 4 is 23.0 Å². The van der Waals surface area contributed by atoms with Gasteiger partial charge >= 0.3 is 0 Å². The molecule has 0 radical (unpaired) electrons. The summed E-state index contributed by atoms with van der Waals surface area (Å²) in [5.74, 6) is 1.03. The number of Topliss-reactive ketones (excluding diaryl/α,β-unsaturated/α-hetero) is 1. The fraction of sp³-hybridized carbons (Fsp3) is 0.375. The molecule has 0 amide bonds. The minimum absolute atomic E-state index is 0.0147. The minimum atomic E-state index is -0.0147. The monoisotopic (exact) mass is 412 g/mol. The van der Waals surface area contributed by atoms with Crippen LogP contribution < -0.4 is 10.7 Å². The van der Waals surface area contributed by atoms with Crippen molar-refractivity contribution < 1.29 is 4.79 Å². The summed E-state index contributed by atoms with van der Waals surface area (Å²) in [5.41, 5.74) is 7.68. The lowest BCUT2D eigenvalue weighted by molar-refractivity contribution is -0.112. The lowest BCUT2D eigenvalue weighted by Crippen LogP contribution is -2.40. The van der Waals surface area contributed by atoms with Crippen molar-refractivity contribution in [2.24, 2.45) is 9.98 Å². The van der Waals surface area contributed by atoms with Crippen LogP contribution in [0.1, 0.15) is 54.7 Å². The van der Waals surface area contributed by atoms with Gasteiger partial charge in [0.15, 0.2) is 5.71 Å². The minimum Gasteiger partial charge on any atom is -0.361 e. The molecule has 3 aliphatic rings. The van der Waals surface area contributed by atoms with Gasteiger partial charge in [0.2, 0.25) is 5.78 Å². The predicted octanol–water partition coefficient (Wildman–Crippen LogP) is 3.83. The van der Waals surface area contributed by atoms with Crippen LogP contribution in [0.5, 0.6) is 0 Å². The van der Waals surface area contributed by atoms with Gasteiger partial charge in [-0.1, -0.05) is 42.3 Å². The van der Waals surface area contributed by atoms with Crippen molar-refractivity contribution in [3.8, 4) is 0 Å². The number of guanidine groups is 1. The van der Waals surface area contributed by atoms with Gasteiger partial charge in [-0.3, -0.25) is 4.79 Å². The SMILES string of the molecule is [C-]#[N+]NC1=NCC(c2ccc(CC(=O)C3=NC([N+]#[C-])=CC3)c(C3=CCCCC3)c2)CN1. The molecule has 0 aromatic heterocycles. The third-order valence-corrected chi connectivity index (χ3v) is 5.90. The van der Waals surface area contributed by atoms with Gasteiger partial charge in [0.05, 0.1) is 6.54 Å². The Morgan fingerprint density at radius 3 is 2.84 bits per heavy atom. The first-order valence-electron chi connectivity index (χ1n) is 10.6. The van der Waals surface area contributed by atoms with Crippen LogP contribution in [0.2, 0.25) is 0 Å². The number of hydrogen-bond donors (Lipinski definition) is 2. The number of allylic oxidation sites excluding steroid dienone is 3. The number of hydrogen-bond acceptors (Lipinski definition) is 5. The molecule has 7 heteroatoms. The molecule has 7 nitrogen and oxygen atoms in total.